The molecule has 2 aromatic carbocycles. The van der Waals surface area contributed by atoms with Crippen molar-refractivity contribution < 1.29 is 0 Å². The Balaban J connectivity index is 2.44. The van der Waals surface area contributed by atoms with E-state index in [2.05, 4.69) is 58.6 Å². The zero-order valence-electron chi connectivity index (χ0n) is 10.9. The summed E-state index contributed by atoms with van der Waals surface area (Å²) in [6, 6.07) is 13.0. The summed E-state index contributed by atoms with van der Waals surface area (Å²) >= 11 is 0. The molecule has 0 amide bonds. The van der Waals surface area contributed by atoms with Crippen molar-refractivity contribution in [2.24, 2.45) is 7.05 Å². The highest BCUT2D eigenvalue weighted by molar-refractivity contribution is 6.10. The summed E-state index contributed by atoms with van der Waals surface area (Å²) in [5, 5.41) is 8.97. The van der Waals surface area contributed by atoms with Gasteiger partial charge in [0.25, 0.3) is 0 Å². The number of rotatable bonds is 2. The minimum Gasteiger partial charge on any atom is -0.388 e. The molecule has 3 heteroatoms. The summed E-state index contributed by atoms with van der Waals surface area (Å²) in [6.07, 6.45) is 0. The standard InChI is InChI=1S/C15H17N3/c1-16-10-4-6-14-12(8-10)13-9-11(17-2)5-7-15(13)18(14)3/h4-9,16-17H,1-3H3. The van der Waals surface area contributed by atoms with E-state index >= 15 is 0 Å². The van der Waals surface area contributed by atoms with Gasteiger partial charge in [-0.2, -0.15) is 0 Å². The molecular weight excluding hydrogens is 222 g/mol. The van der Waals surface area contributed by atoms with Crippen molar-refractivity contribution in [2.45, 2.75) is 0 Å². The van der Waals surface area contributed by atoms with Crippen LogP contribution in [0, 0.1) is 0 Å². The summed E-state index contributed by atoms with van der Waals surface area (Å²) in [6.45, 7) is 0. The first-order chi connectivity index (χ1) is 8.74. The lowest BCUT2D eigenvalue weighted by Gasteiger charge is -2.01. The fourth-order valence-corrected chi connectivity index (χ4v) is 2.53. The monoisotopic (exact) mass is 239 g/mol. The van der Waals surface area contributed by atoms with E-state index in [1.165, 1.54) is 21.8 Å². The van der Waals surface area contributed by atoms with Crippen LogP contribution in [0.5, 0.6) is 0 Å². The molecule has 0 aliphatic carbocycles. The Morgan fingerprint density at radius 1 is 0.778 bits per heavy atom. The van der Waals surface area contributed by atoms with Crippen molar-refractivity contribution in [2.75, 3.05) is 24.7 Å². The summed E-state index contributed by atoms with van der Waals surface area (Å²) in [7, 11) is 6.01. The molecule has 18 heavy (non-hydrogen) atoms. The molecular formula is C15H17N3. The third kappa shape index (κ3) is 1.44. The number of nitrogens with zero attached hydrogens (tertiary/aromatic N) is 1. The Labute approximate surface area is 106 Å². The summed E-state index contributed by atoms with van der Waals surface area (Å²) < 4.78 is 2.24. The van der Waals surface area contributed by atoms with Crippen LogP contribution in [0.1, 0.15) is 0 Å². The van der Waals surface area contributed by atoms with Crippen LogP contribution in [0.3, 0.4) is 0 Å². The fraction of sp³-hybridized carbons (Fsp3) is 0.200. The highest BCUT2D eigenvalue weighted by atomic mass is 14.9. The first kappa shape index (κ1) is 11.0. The van der Waals surface area contributed by atoms with Gasteiger partial charge in [-0.3, -0.25) is 0 Å². The molecule has 0 saturated carbocycles. The second-order valence-corrected chi connectivity index (χ2v) is 4.52. The Bertz CT molecular complexity index is 664. The molecule has 1 heterocycles. The minimum atomic E-state index is 1.14. The quantitative estimate of drug-likeness (QED) is 0.717. The highest BCUT2D eigenvalue weighted by Gasteiger charge is 2.08. The second kappa shape index (κ2) is 3.95. The molecule has 0 unspecified atom stereocenters. The Hall–Kier alpha value is -2.16. The van der Waals surface area contributed by atoms with Crippen LogP contribution < -0.4 is 10.6 Å². The van der Waals surface area contributed by atoms with Crippen molar-refractivity contribution in [3.05, 3.63) is 36.4 Å². The number of hydrogen-bond donors (Lipinski definition) is 2. The molecule has 3 rings (SSSR count). The third-order valence-corrected chi connectivity index (χ3v) is 3.58. The Morgan fingerprint density at radius 3 is 1.61 bits per heavy atom. The number of aromatic nitrogens is 1. The lowest BCUT2D eigenvalue weighted by atomic mass is 10.1. The third-order valence-electron chi connectivity index (χ3n) is 3.58. The summed E-state index contributed by atoms with van der Waals surface area (Å²) in [5.74, 6) is 0. The Kier molecular flexibility index (Phi) is 2.40. The number of benzene rings is 2. The van der Waals surface area contributed by atoms with E-state index in [0.29, 0.717) is 0 Å². The van der Waals surface area contributed by atoms with Gasteiger partial charge < -0.3 is 15.2 Å². The van der Waals surface area contributed by atoms with Gasteiger partial charge in [0.15, 0.2) is 0 Å². The predicted molar refractivity (Wildman–Crippen MR) is 79.5 cm³/mol. The normalized spacial score (nSPS) is 11.1. The van der Waals surface area contributed by atoms with Crippen molar-refractivity contribution in [1.29, 1.82) is 0 Å². The number of nitrogens with one attached hydrogen (secondary N) is 2. The van der Waals surface area contributed by atoms with E-state index < -0.39 is 0 Å². The van der Waals surface area contributed by atoms with E-state index in [0.717, 1.165) is 11.4 Å². The van der Waals surface area contributed by atoms with Crippen molar-refractivity contribution >= 4 is 33.2 Å². The zero-order valence-corrected chi connectivity index (χ0v) is 10.9. The first-order valence-electron chi connectivity index (χ1n) is 6.12. The summed E-state index contributed by atoms with van der Waals surface area (Å²) in [5.41, 5.74) is 4.81. The van der Waals surface area contributed by atoms with E-state index in [-0.39, 0.29) is 0 Å². The maximum absolute atomic E-state index is 3.20. The highest BCUT2D eigenvalue weighted by Crippen LogP contribution is 2.31. The fourth-order valence-electron chi connectivity index (χ4n) is 2.53. The molecule has 92 valence electrons. The van der Waals surface area contributed by atoms with Gasteiger partial charge in [0.2, 0.25) is 0 Å². The SMILES string of the molecule is CNc1ccc2c(c1)c1cc(NC)ccc1n2C. The van der Waals surface area contributed by atoms with E-state index in [1.807, 2.05) is 14.1 Å². The van der Waals surface area contributed by atoms with Crippen LogP contribution in [0.25, 0.3) is 21.8 Å². The van der Waals surface area contributed by atoms with Crippen molar-refractivity contribution in [3.63, 3.8) is 0 Å². The van der Waals surface area contributed by atoms with Gasteiger partial charge in [0.05, 0.1) is 0 Å². The van der Waals surface area contributed by atoms with E-state index in [4.69, 9.17) is 0 Å². The van der Waals surface area contributed by atoms with Crippen LogP contribution in [0.2, 0.25) is 0 Å². The van der Waals surface area contributed by atoms with E-state index in [9.17, 15) is 0 Å². The first-order valence-corrected chi connectivity index (χ1v) is 6.12. The molecule has 0 saturated heterocycles. The summed E-state index contributed by atoms with van der Waals surface area (Å²) in [4.78, 5) is 0. The topological polar surface area (TPSA) is 29.0 Å². The van der Waals surface area contributed by atoms with Gasteiger partial charge in [0, 0.05) is 54.3 Å². The lowest BCUT2D eigenvalue weighted by molar-refractivity contribution is 1.01. The number of hydrogen-bond acceptors (Lipinski definition) is 2. The molecule has 0 fully saturated rings. The zero-order chi connectivity index (χ0) is 12.7. The lowest BCUT2D eigenvalue weighted by Crippen LogP contribution is -1.89. The molecule has 1 aromatic heterocycles. The molecule has 0 radical (unpaired) electrons. The molecule has 3 aromatic rings. The molecule has 0 atom stereocenters. The minimum absolute atomic E-state index is 1.14. The van der Waals surface area contributed by atoms with Crippen LogP contribution in [-0.2, 0) is 7.05 Å². The predicted octanol–water partition coefficient (Wildman–Crippen LogP) is 3.41. The Morgan fingerprint density at radius 2 is 1.22 bits per heavy atom. The number of aryl methyl sites for hydroxylation is 1. The van der Waals surface area contributed by atoms with E-state index in [1.54, 1.807) is 0 Å². The molecule has 3 nitrogen and oxygen atoms in total. The average molecular weight is 239 g/mol. The van der Waals surface area contributed by atoms with Gasteiger partial charge in [-0.1, -0.05) is 0 Å². The van der Waals surface area contributed by atoms with Crippen LogP contribution in [0.15, 0.2) is 36.4 Å². The van der Waals surface area contributed by atoms with Crippen LogP contribution >= 0.6 is 0 Å². The molecule has 0 aliphatic rings. The second-order valence-electron chi connectivity index (χ2n) is 4.52. The van der Waals surface area contributed by atoms with Gasteiger partial charge in [-0.05, 0) is 36.4 Å². The molecule has 2 N–H and O–H groups in total. The van der Waals surface area contributed by atoms with Gasteiger partial charge in [-0.25, -0.2) is 0 Å². The van der Waals surface area contributed by atoms with Gasteiger partial charge in [0.1, 0.15) is 0 Å². The molecule has 0 spiro atoms. The number of anilines is 2. The van der Waals surface area contributed by atoms with Crippen LogP contribution in [-0.4, -0.2) is 18.7 Å². The maximum Gasteiger partial charge on any atom is 0.0490 e. The maximum atomic E-state index is 3.20. The average Bonchev–Trinajstić information content (AvgIpc) is 2.71. The van der Waals surface area contributed by atoms with Crippen molar-refractivity contribution in [3.8, 4) is 0 Å². The molecule has 0 aliphatic heterocycles. The van der Waals surface area contributed by atoms with Crippen LogP contribution in [0.4, 0.5) is 11.4 Å². The largest absolute Gasteiger partial charge is 0.388 e. The number of fused-ring (bicyclic) bond motifs is 3. The van der Waals surface area contributed by atoms with Gasteiger partial charge in [-0.15, -0.1) is 0 Å². The smallest absolute Gasteiger partial charge is 0.0490 e. The van der Waals surface area contributed by atoms with Crippen molar-refractivity contribution in [1.82, 2.24) is 4.57 Å². The van der Waals surface area contributed by atoms with Gasteiger partial charge >= 0.3 is 0 Å². The molecule has 0 bridgehead atoms.